The molecular weight excluding hydrogens is 669 g/mol. The van der Waals surface area contributed by atoms with Crippen molar-refractivity contribution in [2.24, 2.45) is 0 Å². The number of benzene rings is 8. The second-order valence-electron chi connectivity index (χ2n) is 13.4. The van der Waals surface area contributed by atoms with E-state index in [9.17, 15) is 2.74 Å². The van der Waals surface area contributed by atoms with Crippen LogP contribution in [-0.4, -0.2) is 19.5 Å². The normalized spacial score (nSPS) is 12.3. The first-order valence-electron chi connectivity index (χ1n) is 20.2. The van der Waals surface area contributed by atoms with Crippen molar-refractivity contribution < 1.29 is 5.48 Å². The van der Waals surface area contributed by atoms with Crippen LogP contribution in [0.2, 0.25) is 0 Å². The van der Waals surface area contributed by atoms with Gasteiger partial charge in [0.15, 0.2) is 17.5 Å². The molecule has 10 aromatic rings. The van der Waals surface area contributed by atoms with Crippen molar-refractivity contribution in [3.8, 4) is 73.2 Å². The van der Waals surface area contributed by atoms with Crippen LogP contribution < -0.4 is 0 Å². The zero-order valence-electron chi connectivity index (χ0n) is 33.6. The molecule has 2 heterocycles. The van der Waals surface area contributed by atoms with Crippen molar-refractivity contribution in [2.75, 3.05) is 0 Å². The van der Waals surface area contributed by atoms with Crippen molar-refractivity contribution >= 4 is 21.8 Å². The van der Waals surface area contributed by atoms with Gasteiger partial charge in [0.25, 0.3) is 0 Å². The summed E-state index contributed by atoms with van der Waals surface area (Å²) in [5, 5.41) is 1.18. The first-order valence-corrected chi connectivity index (χ1v) is 18.2. The molecule has 0 saturated carbocycles. The van der Waals surface area contributed by atoms with Crippen LogP contribution >= 0.6 is 0 Å². The summed E-state index contributed by atoms with van der Waals surface area (Å²) in [6.45, 7) is 0. The summed E-state index contributed by atoms with van der Waals surface area (Å²) < 4.78 is 38.0. The highest BCUT2D eigenvalue weighted by molar-refractivity contribution is 6.10. The molecule has 0 fully saturated rings. The second-order valence-corrected chi connectivity index (χ2v) is 13.4. The molecule has 0 aliphatic rings. The summed E-state index contributed by atoms with van der Waals surface area (Å²) in [7, 11) is 0. The van der Waals surface area contributed by atoms with Gasteiger partial charge in [-0.15, -0.1) is 0 Å². The lowest BCUT2D eigenvalue weighted by molar-refractivity contribution is 1.07. The Bertz CT molecular complexity index is 3110. The molecule has 0 N–H and O–H groups in total. The van der Waals surface area contributed by atoms with Crippen LogP contribution in [0.3, 0.4) is 0 Å². The Morgan fingerprint density at radius 2 is 0.764 bits per heavy atom. The molecular formula is C51H34N4. The Morgan fingerprint density at radius 1 is 0.327 bits per heavy atom. The lowest BCUT2D eigenvalue weighted by atomic mass is 9.99. The number of hydrogen-bond acceptors (Lipinski definition) is 3. The molecule has 0 spiro atoms. The van der Waals surface area contributed by atoms with Crippen LogP contribution in [0.1, 0.15) is 5.48 Å². The van der Waals surface area contributed by atoms with E-state index in [1.807, 2.05) is 120 Å². The highest BCUT2D eigenvalue weighted by Crippen LogP contribution is 2.38. The summed E-state index contributed by atoms with van der Waals surface area (Å²) in [4.78, 5) is 15.0. The minimum atomic E-state index is -0.291. The van der Waals surface area contributed by atoms with Crippen LogP contribution in [0.4, 0.5) is 0 Å². The number of rotatable bonds is 7. The Balaban J connectivity index is 1.22. The zero-order valence-corrected chi connectivity index (χ0v) is 29.6. The third-order valence-electron chi connectivity index (χ3n) is 9.96. The summed E-state index contributed by atoms with van der Waals surface area (Å²) in [6.07, 6.45) is 0. The maximum atomic E-state index is 9.31. The monoisotopic (exact) mass is 706 g/mol. The third-order valence-corrected chi connectivity index (χ3v) is 9.96. The molecule has 0 saturated heterocycles. The van der Waals surface area contributed by atoms with Gasteiger partial charge in [0, 0.05) is 33.2 Å². The van der Waals surface area contributed by atoms with Gasteiger partial charge in [-0.2, -0.15) is 0 Å². The minimum Gasteiger partial charge on any atom is -0.309 e. The van der Waals surface area contributed by atoms with Crippen molar-refractivity contribution in [3.63, 3.8) is 0 Å². The largest absolute Gasteiger partial charge is 0.309 e. The van der Waals surface area contributed by atoms with Gasteiger partial charge in [0.1, 0.15) is 0 Å². The molecule has 0 aliphatic heterocycles. The van der Waals surface area contributed by atoms with Gasteiger partial charge in [0.05, 0.1) is 16.5 Å². The quantitative estimate of drug-likeness (QED) is 0.166. The molecule has 2 aromatic heterocycles. The van der Waals surface area contributed by atoms with Crippen molar-refractivity contribution in [1.29, 1.82) is 0 Å². The van der Waals surface area contributed by atoms with Gasteiger partial charge >= 0.3 is 0 Å². The van der Waals surface area contributed by atoms with Crippen molar-refractivity contribution in [1.82, 2.24) is 19.5 Å². The number of fused-ring (bicyclic) bond motifs is 3. The molecule has 8 aromatic carbocycles. The van der Waals surface area contributed by atoms with E-state index in [2.05, 4.69) is 66.7 Å². The summed E-state index contributed by atoms with van der Waals surface area (Å²) >= 11 is 0. The van der Waals surface area contributed by atoms with Gasteiger partial charge < -0.3 is 4.57 Å². The first kappa shape index (κ1) is 28.1. The molecule has 10 rings (SSSR count). The maximum Gasteiger partial charge on any atom is 0.164 e. The van der Waals surface area contributed by atoms with Crippen LogP contribution in [0.5, 0.6) is 0 Å². The zero-order chi connectivity index (χ0) is 40.0. The molecule has 0 radical (unpaired) electrons. The predicted molar refractivity (Wildman–Crippen MR) is 227 cm³/mol. The molecule has 0 unspecified atom stereocenters. The van der Waals surface area contributed by atoms with Crippen LogP contribution in [0, 0.1) is 0 Å². The van der Waals surface area contributed by atoms with E-state index < -0.39 is 0 Å². The number of hydrogen-bond donors (Lipinski definition) is 0. The Hall–Kier alpha value is -7.43. The standard InChI is InChI=1S/C51H34N4/c1-5-15-35(16-6-1)37-25-27-38(28-26-37)41-29-30-48-46(34-41)45-23-13-14-24-47(45)55(48)44-32-42(36-17-7-2-8-18-36)31-43(33-44)51-53-49(39-19-9-3-10-20-39)52-50(54-51)40-21-11-4-12-22-40/h1-34H/i13D,14D,23D,24D. The number of para-hydroxylation sites is 1. The first-order chi connectivity index (χ1) is 28.9. The minimum absolute atomic E-state index is 0.0850. The molecule has 4 heteroatoms. The van der Waals surface area contributed by atoms with E-state index in [-0.39, 0.29) is 24.2 Å². The van der Waals surface area contributed by atoms with Crippen LogP contribution in [-0.2, 0) is 0 Å². The number of aromatic nitrogens is 4. The smallest absolute Gasteiger partial charge is 0.164 e. The van der Waals surface area contributed by atoms with E-state index in [4.69, 9.17) is 17.7 Å². The summed E-state index contributed by atoms with van der Waals surface area (Å²) in [5.74, 6) is 1.55. The van der Waals surface area contributed by atoms with Crippen molar-refractivity contribution in [2.45, 2.75) is 0 Å². The van der Waals surface area contributed by atoms with Crippen molar-refractivity contribution in [3.05, 3.63) is 206 Å². The van der Waals surface area contributed by atoms with Gasteiger partial charge in [-0.3, -0.25) is 0 Å². The lowest BCUT2D eigenvalue weighted by Crippen LogP contribution is -2.01. The topological polar surface area (TPSA) is 43.6 Å². The molecule has 0 bridgehead atoms. The highest BCUT2D eigenvalue weighted by atomic mass is 15.0. The Kier molecular flexibility index (Phi) is 7.08. The second kappa shape index (κ2) is 13.8. The summed E-state index contributed by atoms with van der Waals surface area (Å²) in [5.41, 5.74) is 10.3. The fraction of sp³-hybridized carbons (Fsp3) is 0. The highest BCUT2D eigenvalue weighted by Gasteiger charge is 2.18. The van der Waals surface area contributed by atoms with E-state index in [1.165, 1.54) is 0 Å². The van der Waals surface area contributed by atoms with E-state index in [1.54, 1.807) is 0 Å². The van der Waals surface area contributed by atoms with Gasteiger partial charge in [-0.25, -0.2) is 15.0 Å². The molecule has 55 heavy (non-hydrogen) atoms. The molecule has 4 nitrogen and oxygen atoms in total. The fourth-order valence-electron chi connectivity index (χ4n) is 7.26. The average molecular weight is 707 g/mol. The lowest BCUT2D eigenvalue weighted by Gasteiger charge is -2.14. The molecule has 258 valence electrons. The Morgan fingerprint density at radius 3 is 1.35 bits per heavy atom. The van der Waals surface area contributed by atoms with E-state index in [0.717, 1.165) is 61.0 Å². The SMILES string of the molecule is [2H]c1c([2H])c([2H])c2c(c1[2H])c1cc(-c3ccc(-c4ccccc4)cc3)ccc1n2-c1cc(-c2ccccc2)cc(-c2nc(-c3ccccc3)nc(-c3ccccc3)n2)c1. The van der Waals surface area contributed by atoms with Gasteiger partial charge in [-0.05, 0) is 69.8 Å². The summed E-state index contributed by atoms with van der Waals surface area (Å²) in [6, 6.07) is 59.9. The predicted octanol–water partition coefficient (Wildman–Crippen LogP) is 13.0. The molecule has 0 amide bonds. The van der Waals surface area contributed by atoms with Gasteiger partial charge in [-0.1, -0.05) is 170 Å². The van der Waals surface area contributed by atoms with Gasteiger partial charge in [0.2, 0.25) is 0 Å². The average Bonchev–Trinajstić information content (AvgIpc) is 3.66. The van der Waals surface area contributed by atoms with Crippen LogP contribution in [0.15, 0.2) is 206 Å². The molecule has 0 atom stereocenters. The van der Waals surface area contributed by atoms with E-state index >= 15 is 0 Å². The molecule has 0 aliphatic carbocycles. The number of nitrogens with zero attached hydrogens (tertiary/aromatic N) is 4. The fourth-order valence-corrected chi connectivity index (χ4v) is 7.26. The van der Waals surface area contributed by atoms with E-state index in [0.29, 0.717) is 34.1 Å². The van der Waals surface area contributed by atoms with Crippen LogP contribution in [0.25, 0.3) is 95.0 Å². The third kappa shape index (κ3) is 6.16. The maximum absolute atomic E-state index is 9.31. The Labute approximate surface area is 325 Å².